The molecular formula is C12H13N3O. The van der Waals surface area contributed by atoms with Crippen molar-refractivity contribution in [1.29, 1.82) is 0 Å². The minimum absolute atomic E-state index is 0.546. The summed E-state index contributed by atoms with van der Waals surface area (Å²) in [5.74, 6) is 0.731. The van der Waals surface area contributed by atoms with Gasteiger partial charge in [0.05, 0.1) is 0 Å². The topological polar surface area (TPSA) is 51.0 Å². The zero-order chi connectivity index (χ0) is 10.8. The van der Waals surface area contributed by atoms with Gasteiger partial charge in [-0.2, -0.15) is 4.98 Å². The first kappa shape index (κ1) is 9.39. The molecule has 1 saturated carbocycles. The third kappa shape index (κ3) is 2.21. The predicted molar refractivity (Wildman–Crippen MR) is 60.2 cm³/mol. The van der Waals surface area contributed by atoms with Gasteiger partial charge in [-0.05, 0) is 18.4 Å². The van der Waals surface area contributed by atoms with Gasteiger partial charge in [-0.25, -0.2) is 0 Å². The monoisotopic (exact) mass is 215 g/mol. The molecule has 0 radical (unpaired) electrons. The van der Waals surface area contributed by atoms with Crippen molar-refractivity contribution in [2.45, 2.75) is 25.3 Å². The molecule has 1 aromatic heterocycles. The van der Waals surface area contributed by atoms with E-state index in [0.29, 0.717) is 12.1 Å². The number of hydrogen-bond acceptors (Lipinski definition) is 4. The molecule has 0 unspecified atom stereocenters. The Hall–Kier alpha value is -1.84. The van der Waals surface area contributed by atoms with Crippen molar-refractivity contribution < 1.29 is 4.52 Å². The molecule has 4 nitrogen and oxygen atoms in total. The molecule has 0 amide bonds. The Kier molecular flexibility index (Phi) is 2.33. The van der Waals surface area contributed by atoms with Gasteiger partial charge in [0.1, 0.15) is 0 Å². The number of rotatable bonds is 4. The fraction of sp³-hybridized carbons (Fsp3) is 0.333. The predicted octanol–water partition coefficient (Wildman–Crippen LogP) is 2.23. The molecule has 2 aromatic rings. The highest BCUT2D eigenvalue weighted by Gasteiger charge is 2.23. The summed E-state index contributed by atoms with van der Waals surface area (Å²) >= 11 is 0. The summed E-state index contributed by atoms with van der Waals surface area (Å²) in [5, 5.41) is 7.13. The van der Waals surface area contributed by atoms with Crippen LogP contribution in [0.2, 0.25) is 0 Å². The second-order valence-electron chi connectivity index (χ2n) is 4.10. The summed E-state index contributed by atoms with van der Waals surface area (Å²) in [4.78, 5) is 4.30. The number of anilines is 1. The van der Waals surface area contributed by atoms with Gasteiger partial charge < -0.3 is 9.84 Å². The smallest absolute Gasteiger partial charge is 0.321 e. The SMILES string of the molecule is c1ccc(Cc2noc(NC3CC3)n2)cc1. The van der Waals surface area contributed by atoms with E-state index < -0.39 is 0 Å². The van der Waals surface area contributed by atoms with Crippen LogP contribution in [-0.4, -0.2) is 16.2 Å². The van der Waals surface area contributed by atoms with Crippen molar-refractivity contribution in [3.63, 3.8) is 0 Å². The first-order valence-electron chi connectivity index (χ1n) is 5.53. The van der Waals surface area contributed by atoms with Gasteiger partial charge in [-0.3, -0.25) is 0 Å². The van der Waals surface area contributed by atoms with Crippen LogP contribution < -0.4 is 5.32 Å². The molecule has 1 heterocycles. The molecule has 1 N–H and O–H groups in total. The molecule has 4 heteroatoms. The Morgan fingerprint density at radius 1 is 1.25 bits per heavy atom. The Bertz CT molecular complexity index is 462. The maximum Gasteiger partial charge on any atom is 0.321 e. The number of nitrogens with one attached hydrogen (secondary N) is 1. The molecule has 0 spiro atoms. The van der Waals surface area contributed by atoms with Gasteiger partial charge in [0.2, 0.25) is 0 Å². The molecule has 0 atom stereocenters. The molecule has 1 aliphatic carbocycles. The molecule has 1 fully saturated rings. The largest absolute Gasteiger partial charge is 0.335 e. The molecule has 1 aromatic carbocycles. The fourth-order valence-electron chi connectivity index (χ4n) is 1.57. The molecular weight excluding hydrogens is 202 g/mol. The average molecular weight is 215 g/mol. The summed E-state index contributed by atoms with van der Waals surface area (Å²) in [6.45, 7) is 0. The van der Waals surface area contributed by atoms with Crippen molar-refractivity contribution >= 4 is 6.01 Å². The zero-order valence-corrected chi connectivity index (χ0v) is 8.89. The molecule has 1 aliphatic rings. The lowest BCUT2D eigenvalue weighted by Gasteiger charge is -1.94. The molecule has 82 valence electrons. The van der Waals surface area contributed by atoms with E-state index in [9.17, 15) is 0 Å². The van der Waals surface area contributed by atoms with E-state index in [-0.39, 0.29) is 0 Å². The molecule has 0 bridgehead atoms. The maximum absolute atomic E-state index is 5.12. The van der Waals surface area contributed by atoms with Gasteiger partial charge in [0.15, 0.2) is 5.82 Å². The van der Waals surface area contributed by atoms with Crippen molar-refractivity contribution in [3.8, 4) is 0 Å². The standard InChI is InChI=1S/C12H13N3O/c1-2-4-9(5-3-1)8-11-14-12(16-15-11)13-10-6-7-10/h1-5,10H,6-8H2,(H,13,14,15). The van der Waals surface area contributed by atoms with Crippen LogP contribution in [0.4, 0.5) is 6.01 Å². The second-order valence-corrected chi connectivity index (χ2v) is 4.10. The highest BCUT2D eigenvalue weighted by atomic mass is 16.5. The molecule has 16 heavy (non-hydrogen) atoms. The normalized spacial score (nSPS) is 15.0. The van der Waals surface area contributed by atoms with Crippen LogP contribution in [0.1, 0.15) is 24.2 Å². The Balaban J connectivity index is 1.67. The Morgan fingerprint density at radius 3 is 2.81 bits per heavy atom. The minimum Gasteiger partial charge on any atom is -0.335 e. The van der Waals surface area contributed by atoms with Crippen molar-refractivity contribution in [2.24, 2.45) is 0 Å². The second kappa shape index (κ2) is 3.96. The van der Waals surface area contributed by atoms with Crippen LogP contribution in [0.15, 0.2) is 34.9 Å². The minimum atomic E-state index is 0.546. The lowest BCUT2D eigenvalue weighted by Crippen LogP contribution is -2.00. The number of benzene rings is 1. The van der Waals surface area contributed by atoms with Crippen molar-refractivity contribution in [1.82, 2.24) is 10.1 Å². The van der Waals surface area contributed by atoms with E-state index in [1.807, 2.05) is 18.2 Å². The maximum atomic E-state index is 5.12. The third-order valence-electron chi connectivity index (χ3n) is 2.58. The summed E-state index contributed by atoms with van der Waals surface area (Å²) < 4.78 is 5.12. The van der Waals surface area contributed by atoms with E-state index in [1.54, 1.807) is 0 Å². The van der Waals surface area contributed by atoms with Crippen LogP contribution in [0.5, 0.6) is 0 Å². The zero-order valence-electron chi connectivity index (χ0n) is 8.89. The number of hydrogen-bond donors (Lipinski definition) is 1. The van der Waals surface area contributed by atoms with Gasteiger partial charge in [0, 0.05) is 12.5 Å². The summed E-state index contributed by atoms with van der Waals surface area (Å²) in [7, 11) is 0. The van der Waals surface area contributed by atoms with Gasteiger partial charge in [-0.1, -0.05) is 35.5 Å². The van der Waals surface area contributed by atoms with Crippen LogP contribution in [0.25, 0.3) is 0 Å². The van der Waals surface area contributed by atoms with E-state index in [0.717, 1.165) is 12.2 Å². The first-order valence-corrected chi connectivity index (χ1v) is 5.53. The van der Waals surface area contributed by atoms with Gasteiger partial charge in [0.25, 0.3) is 0 Å². The summed E-state index contributed by atoms with van der Waals surface area (Å²) in [6, 6.07) is 11.2. The molecule has 3 rings (SSSR count). The highest BCUT2D eigenvalue weighted by molar-refractivity contribution is 5.25. The van der Waals surface area contributed by atoms with Crippen molar-refractivity contribution in [2.75, 3.05) is 5.32 Å². The van der Waals surface area contributed by atoms with Crippen LogP contribution in [-0.2, 0) is 6.42 Å². The van der Waals surface area contributed by atoms with E-state index in [4.69, 9.17) is 4.52 Å². The lowest BCUT2D eigenvalue weighted by atomic mass is 10.1. The fourth-order valence-corrected chi connectivity index (χ4v) is 1.57. The number of aromatic nitrogens is 2. The van der Waals surface area contributed by atoms with E-state index in [1.165, 1.54) is 18.4 Å². The quantitative estimate of drug-likeness (QED) is 0.849. The Morgan fingerprint density at radius 2 is 2.06 bits per heavy atom. The summed E-state index contributed by atoms with van der Waals surface area (Å²) in [5.41, 5.74) is 1.20. The first-order chi connectivity index (χ1) is 7.90. The van der Waals surface area contributed by atoms with Crippen LogP contribution in [0, 0.1) is 0 Å². The highest BCUT2D eigenvalue weighted by Crippen LogP contribution is 2.23. The van der Waals surface area contributed by atoms with Crippen LogP contribution in [0.3, 0.4) is 0 Å². The summed E-state index contributed by atoms with van der Waals surface area (Å²) in [6.07, 6.45) is 3.13. The Labute approximate surface area is 93.7 Å². The molecule has 0 saturated heterocycles. The average Bonchev–Trinajstić information content (AvgIpc) is 3.01. The third-order valence-corrected chi connectivity index (χ3v) is 2.58. The van der Waals surface area contributed by atoms with E-state index >= 15 is 0 Å². The van der Waals surface area contributed by atoms with E-state index in [2.05, 4.69) is 27.6 Å². The number of nitrogens with zero attached hydrogens (tertiary/aromatic N) is 2. The van der Waals surface area contributed by atoms with Crippen molar-refractivity contribution in [3.05, 3.63) is 41.7 Å². The van der Waals surface area contributed by atoms with Crippen LogP contribution >= 0.6 is 0 Å². The molecule has 0 aliphatic heterocycles. The van der Waals surface area contributed by atoms with Gasteiger partial charge >= 0.3 is 6.01 Å². The van der Waals surface area contributed by atoms with Gasteiger partial charge in [-0.15, -0.1) is 0 Å². The lowest BCUT2D eigenvalue weighted by molar-refractivity contribution is 0.423.